The minimum Gasteiger partial charge on any atom is -0.317 e. The van der Waals surface area contributed by atoms with Crippen LogP contribution in [0.4, 0.5) is 0 Å². The third-order valence-corrected chi connectivity index (χ3v) is 5.69. The van der Waals surface area contributed by atoms with Gasteiger partial charge < -0.3 is 5.32 Å². The first-order chi connectivity index (χ1) is 8.98. The molecule has 1 rings (SSSR count). The summed E-state index contributed by atoms with van der Waals surface area (Å²) in [6.07, 6.45) is 5.55. The van der Waals surface area contributed by atoms with Gasteiger partial charge in [0.2, 0.25) is 0 Å². The van der Waals surface area contributed by atoms with Gasteiger partial charge in [0.05, 0.1) is 0 Å². The Morgan fingerprint density at radius 3 is 2.37 bits per heavy atom. The third kappa shape index (κ3) is 5.38. The lowest BCUT2D eigenvalue weighted by molar-refractivity contribution is 0.254. The normalized spacial score (nSPS) is 17.1. The van der Waals surface area contributed by atoms with Gasteiger partial charge in [0.25, 0.3) is 10.2 Å². The summed E-state index contributed by atoms with van der Waals surface area (Å²) in [5, 5.41) is 3.29. The van der Waals surface area contributed by atoms with Gasteiger partial charge >= 0.3 is 0 Å². The molecule has 0 bridgehead atoms. The fourth-order valence-corrected chi connectivity index (χ4v) is 3.45. The molecule has 6 heteroatoms. The number of rotatable bonds is 10. The fraction of sp³-hybridized carbons (Fsp3) is 1.00. The van der Waals surface area contributed by atoms with Gasteiger partial charge in [-0.05, 0) is 44.7 Å². The molecule has 114 valence electrons. The molecule has 0 saturated heterocycles. The standard InChI is InChI=1S/C13H29N3O2S/c1-4-9-14-10-6-11-15(2)19(17,18)16(3)12-13-7-5-8-13/h13-14H,4-12H2,1-3H3. The zero-order valence-corrected chi connectivity index (χ0v) is 13.4. The van der Waals surface area contributed by atoms with Crippen molar-refractivity contribution >= 4 is 10.2 Å². The van der Waals surface area contributed by atoms with Gasteiger partial charge in [-0.15, -0.1) is 0 Å². The molecule has 0 aromatic carbocycles. The predicted molar refractivity (Wildman–Crippen MR) is 79.3 cm³/mol. The molecule has 1 aliphatic carbocycles. The van der Waals surface area contributed by atoms with Crippen LogP contribution in [-0.4, -0.2) is 57.3 Å². The zero-order valence-electron chi connectivity index (χ0n) is 12.6. The van der Waals surface area contributed by atoms with Gasteiger partial charge in [-0.2, -0.15) is 17.0 Å². The second-order valence-electron chi connectivity index (χ2n) is 5.51. The fourth-order valence-electron chi connectivity index (χ4n) is 2.21. The Kier molecular flexibility index (Phi) is 7.28. The van der Waals surface area contributed by atoms with Crippen LogP contribution in [-0.2, 0) is 10.2 Å². The molecule has 0 radical (unpaired) electrons. The summed E-state index contributed by atoms with van der Waals surface area (Å²) < 4.78 is 27.5. The second-order valence-corrected chi connectivity index (χ2v) is 7.65. The Bertz CT molecular complexity index is 342. The lowest BCUT2D eigenvalue weighted by atomic mass is 9.86. The highest BCUT2D eigenvalue weighted by atomic mass is 32.2. The Morgan fingerprint density at radius 1 is 1.16 bits per heavy atom. The first-order valence-corrected chi connectivity index (χ1v) is 8.76. The van der Waals surface area contributed by atoms with Gasteiger partial charge in [0.1, 0.15) is 0 Å². The van der Waals surface area contributed by atoms with Gasteiger partial charge in [-0.3, -0.25) is 0 Å². The van der Waals surface area contributed by atoms with Crippen LogP contribution in [0.2, 0.25) is 0 Å². The molecule has 0 aromatic rings. The second kappa shape index (κ2) is 8.19. The average Bonchev–Trinajstić information content (AvgIpc) is 2.32. The van der Waals surface area contributed by atoms with Crippen LogP contribution in [0.25, 0.3) is 0 Å². The molecule has 1 N–H and O–H groups in total. The molecule has 0 aliphatic heterocycles. The highest BCUT2D eigenvalue weighted by Crippen LogP contribution is 2.27. The van der Waals surface area contributed by atoms with Crippen molar-refractivity contribution in [2.75, 3.05) is 40.3 Å². The number of hydrogen-bond donors (Lipinski definition) is 1. The molecule has 0 amide bonds. The van der Waals surface area contributed by atoms with Crippen molar-refractivity contribution in [1.82, 2.24) is 13.9 Å². The molecule has 19 heavy (non-hydrogen) atoms. The van der Waals surface area contributed by atoms with Crippen LogP contribution in [0.5, 0.6) is 0 Å². The van der Waals surface area contributed by atoms with Crippen LogP contribution < -0.4 is 5.32 Å². The van der Waals surface area contributed by atoms with Crippen LogP contribution in [0.3, 0.4) is 0 Å². The summed E-state index contributed by atoms with van der Waals surface area (Å²) in [6.45, 7) is 5.24. The molecule has 0 atom stereocenters. The maximum Gasteiger partial charge on any atom is 0.281 e. The minimum absolute atomic E-state index is 0.569. The highest BCUT2D eigenvalue weighted by molar-refractivity contribution is 7.86. The molecular weight excluding hydrogens is 262 g/mol. The number of hydrogen-bond acceptors (Lipinski definition) is 3. The van der Waals surface area contributed by atoms with Gasteiger partial charge in [0, 0.05) is 27.2 Å². The van der Waals surface area contributed by atoms with Crippen molar-refractivity contribution in [3.63, 3.8) is 0 Å². The van der Waals surface area contributed by atoms with Gasteiger partial charge in [-0.25, -0.2) is 0 Å². The van der Waals surface area contributed by atoms with Crippen molar-refractivity contribution in [2.24, 2.45) is 5.92 Å². The summed E-state index contributed by atoms with van der Waals surface area (Å²) in [4.78, 5) is 0. The van der Waals surface area contributed by atoms with E-state index in [9.17, 15) is 8.42 Å². The van der Waals surface area contributed by atoms with E-state index in [1.807, 2.05) is 0 Å². The number of nitrogens with one attached hydrogen (secondary N) is 1. The Hall–Kier alpha value is -0.170. The van der Waals surface area contributed by atoms with Crippen molar-refractivity contribution in [2.45, 2.75) is 39.0 Å². The van der Waals surface area contributed by atoms with Gasteiger partial charge in [-0.1, -0.05) is 13.3 Å². The largest absolute Gasteiger partial charge is 0.317 e. The lowest BCUT2D eigenvalue weighted by Crippen LogP contribution is -2.43. The predicted octanol–water partition coefficient (Wildman–Crippen LogP) is 1.28. The molecule has 1 saturated carbocycles. The first kappa shape index (κ1) is 16.9. The summed E-state index contributed by atoms with van der Waals surface area (Å²) in [7, 11) is 0.103. The third-order valence-electron chi connectivity index (χ3n) is 3.78. The SMILES string of the molecule is CCCNCCCN(C)S(=O)(=O)N(C)CC1CCC1. The van der Waals surface area contributed by atoms with E-state index < -0.39 is 10.2 Å². The Balaban J connectivity index is 2.28. The van der Waals surface area contributed by atoms with Crippen LogP contribution in [0.1, 0.15) is 39.0 Å². The summed E-state index contributed by atoms with van der Waals surface area (Å²) in [6, 6.07) is 0. The minimum atomic E-state index is -3.26. The van der Waals surface area contributed by atoms with Crippen LogP contribution >= 0.6 is 0 Å². The first-order valence-electron chi connectivity index (χ1n) is 7.36. The monoisotopic (exact) mass is 291 g/mol. The van der Waals surface area contributed by atoms with Crippen molar-refractivity contribution in [1.29, 1.82) is 0 Å². The summed E-state index contributed by atoms with van der Waals surface area (Å²) in [5.74, 6) is 0.569. The van der Waals surface area contributed by atoms with Crippen LogP contribution in [0.15, 0.2) is 0 Å². The molecule has 0 aromatic heterocycles. The maximum atomic E-state index is 12.3. The van der Waals surface area contributed by atoms with E-state index in [1.165, 1.54) is 27.9 Å². The molecule has 1 fully saturated rings. The van der Waals surface area contributed by atoms with E-state index in [0.717, 1.165) is 25.9 Å². The lowest BCUT2D eigenvalue weighted by Gasteiger charge is -2.31. The van der Waals surface area contributed by atoms with Gasteiger partial charge in [0.15, 0.2) is 0 Å². The van der Waals surface area contributed by atoms with E-state index >= 15 is 0 Å². The molecule has 0 spiro atoms. The van der Waals surface area contributed by atoms with E-state index in [0.29, 0.717) is 19.0 Å². The Labute approximate surface area is 118 Å². The highest BCUT2D eigenvalue weighted by Gasteiger charge is 2.27. The van der Waals surface area contributed by atoms with E-state index in [-0.39, 0.29) is 0 Å². The molecular formula is C13H29N3O2S. The molecule has 5 nitrogen and oxygen atoms in total. The van der Waals surface area contributed by atoms with E-state index in [4.69, 9.17) is 0 Å². The Morgan fingerprint density at radius 2 is 1.84 bits per heavy atom. The number of nitrogens with zero attached hydrogens (tertiary/aromatic N) is 2. The summed E-state index contributed by atoms with van der Waals surface area (Å²) >= 11 is 0. The topological polar surface area (TPSA) is 52.7 Å². The quantitative estimate of drug-likeness (QED) is 0.617. The van der Waals surface area contributed by atoms with Crippen molar-refractivity contribution < 1.29 is 8.42 Å². The molecule has 1 aliphatic rings. The molecule has 0 unspecified atom stereocenters. The average molecular weight is 291 g/mol. The van der Waals surface area contributed by atoms with Crippen molar-refractivity contribution in [3.8, 4) is 0 Å². The van der Waals surface area contributed by atoms with E-state index in [1.54, 1.807) is 14.1 Å². The molecule has 0 heterocycles. The van der Waals surface area contributed by atoms with E-state index in [2.05, 4.69) is 12.2 Å². The smallest absolute Gasteiger partial charge is 0.281 e. The van der Waals surface area contributed by atoms with Crippen molar-refractivity contribution in [3.05, 3.63) is 0 Å². The van der Waals surface area contributed by atoms with Crippen LogP contribution in [0, 0.1) is 5.92 Å². The summed E-state index contributed by atoms with van der Waals surface area (Å²) in [5.41, 5.74) is 0. The zero-order chi connectivity index (χ0) is 14.3. The maximum absolute atomic E-state index is 12.3.